The molecule has 2 aromatic carbocycles. The normalized spacial score (nSPS) is 13.2. The summed E-state index contributed by atoms with van der Waals surface area (Å²) >= 11 is 0. The zero-order valence-corrected chi connectivity index (χ0v) is 17.1. The Bertz CT molecular complexity index is 1200. The summed E-state index contributed by atoms with van der Waals surface area (Å²) in [6, 6.07) is 14.6. The predicted molar refractivity (Wildman–Crippen MR) is 113 cm³/mol. The van der Waals surface area contributed by atoms with E-state index in [1.54, 1.807) is 24.3 Å². The Morgan fingerprint density at radius 2 is 1.72 bits per heavy atom. The molecule has 2 N–H and O–H groups in total. The molecule has 0 saturated heterocycles. The van der Waals surface area contributed by atoms with Crippen molar-refractivity contribution in [1.82, 2.24) is 9.78 Å². The number of sulfonamides is 1. The lowest BCUT2D eigenvalue weighted by Crippen LogP contribution is -2.17. The number of anilines is 2. The molecule has 0 spiro atoms. The molecule has 1 aromatic heterocycles. The highest BCUT2D eigenvalue weighted by atomic mass is 32.2. The van der Waals surface area contributed by atoms with E-state index in [2.05, 4.69) is 15.1 Å². The van der Waals surface area contributed by atoms with Gasteiger partial charge in [0.25, 0.3) is 5.91 Å². The SMILES string of the molecule is Cc1ccccc1-n1nc(C(=O)Nc2ccccc2NS(C)(=O)=O)c2c1CCC2. The van der Waals surface area contributed by atoms with E-state index >= 15 is 0 Å². The van der Waals surface area contributed by atoms with Crippen LogP contribution < -0.4 is 10.0 Å². The molecule has 1 heterocycles. The van der Waals surface area contributed by atoms with Gasteiger partial charge in [0.05, 0.1) is 23.3 Å². The number of hydrogen-bond acceptors (Lipinski definition) is 4. The van der Waals surface area contributed by atoms with Gasteiger partial charge in [0.2, 0.25) is 10.0 Å². The first-order chi connectivity index (χ1) is 13.8. The fourth-order valence-corrected chi connectivity index (χ4v) is 4.26. The van der Waals surface area contributed by atoms with Crippen molar-refractivity contribution in [3.63, 3.8) is 0 Å². The van der Waals surface area contributed by atoms with Crippen LogP contribution in [0.2, 0.25) is 0 Å². The molecule has 1 aliphatic rings. The number of carbonyl (C=O) groups excluding carboxylic acids is 1. The van der Waals surface area contributed by atoms with Crippen molar-refractivity contribution in [1.29, 1.82) is 0 Å². The maximum Gasteiger partial charge on any atom is 0.276 e. The zero-order chi connectivity index (χ0) is 20.6. The summed E-state index contributed by atoms with van der Waals surface area (Å²) in [5.41, 5.74) is 5.16. The van der Waals surface area contributed by atoms with Gasteiger partial charge in [0.15, 0.2) is 5.69 Å². The van der Waals surface area contributed by atoms with Gasteiger partial charge in [-0.2, -0.15) is 5.10 Å². The summed E-state index contributed by atoms with van der Waals surface area (Å²) in [5.74, 6) is -0.349. The van der Waals surface area contributed by atoms with Crippen molar-refractivity contribution in [3.05, 3.63) is 71.0 Å². The first-order valence-corrected chi connectivity index (χ1v) is 11.3. The van der Waals surface area contributed by atoms with Crippen LogP contribution in [0.25, 0.3) is 5.69 Å². The summed E-state index contributed by atoms with van der Waals surface area (Å²) in [6.45, 7) is 2.02. The molecule has 3 aromatic rings. The van der Waals surface area contributed by atoms with E-state index in [-0.39, 0.29) is 5.91 Å². The van der Waals surface area contributed by atoms with Crippen LogP contribution in [0.4, 0.5) is 11.4 Å². The van der Waals surface area contributed by atoms with Gasteiger partial charge in [-0.1, -0.05) is 30.3 Å². The van der Waals surface area contributed by atoms with Crippen LogP contribution >= 0.6 is 0 Å². The smallest absolute Gasteiger partial charge is 0.276 e. The van der Waals surface area contributed by atoms with Gasteiger partial charge in [-0.05, 0) is 49.9 Å². The Morgan fingerprint density at radius 3 is 2.45 bits per heavy atom. The molecule has 4 rings (SSSR count). The zero-order valence-electron chi connectivity index (χ0n) is 16.3. The number of para-hydroxylation sites is 3. The Kier molecular flexibility index (Phi) is 4.87. The number of benzene rings is 2. The number of aryl methyl sites for hydroxylation is 1. The number of hydrogen-bond donors (Lipinski definition) is 2. The van der Waals surface area contributed by atoms with E-state index in [4.69, 9.17) is 0 Å². The fourth-order valence-electron chi connectivity index (χ4n) is 3.68. The molecular formula is C21H22N4O3S. The minimum atomic E-state index is -3.47. The molecule has 0 fully saturated rings. The molecular weight excluding hydrogens is 388 g/mol. The number of nitrogens with one attached hydrogen (secondary N) is 2. The van der Waals surface area contributed by atoms with Crippen LogP contribution in [0.1, 0.15) is 33.7 Å². The fraction of sp³-hybridized carbons (Fsp3) is 0.238. The molecule has 1 aliphatic carbocycles. The second kappa shape index (κ2) is 7.36. The first-order valence-electron chi connectivity index (χ1n) is 9.38. The number of carbonyl (C=O) groups is 1. The van der Waals surface area contributed by atoms with Gasteiger partial charge in [-0.15, -0.1) is 0 Å². The molecule has 0 unspecified atom stereocenters. The van der Waals surface area contributed by atoms with Gasteiger partial charge < -0.3 is 5.32 Å². The minimum Gasteiger partial charge on any atom is -0.319 e. The maximum absolute atomic E-state index is 13.1. The van der Waals surface area contributed by atoms with Crippen molar-refractivity contribution >= 4 is 27.3 Å². The molecule has 8 heteroatoms. The summed E-state index contributed by atoms with van der Waals surface area (Å²) in [4.78, 5) is 13.1. The third kappa shape index (κ3) is 3.88. The molecule has 0 aliphatic heterocycles. The van der Waals surface area contributed by atoms with Gasteiger partial charge >= 0.3 is 0 Å². The molecule has 0 bridgehead atoms. The summed E-state index contributed by atoms with van der Waals surface area (Å²) < 4.78 is 27.5. The van der Waals surface area contributed by atoms with Crippen LogP contribution in [0.15, 0.2) is 48.5 Å². The molecule has 1 amide bonds. The van der Waals surface area contributed by atoms with Gasteiger partial charge in [0, 0.05) is 11.3 Å². The largest absolute Gasteiger partial charge is 0.319 e. The average Bonchev–Trinajstić information content (AvgIpc) is 3.25. The van der Waals surface area contributed by atoms with Gasteiger partial charge in [-0.25, -0.2) is 13.1 Å². The molecule has 29 heavy (non-hydrogen) atoms. The second-order valence-corrected chi connectivity index (χ2v) is 8.95. The number of fused-ring (bicyclic) bond motifs is 1. The van der Waals surface area contributed by atoms with Crippen molar-refractivity contribution in [3.8, 4) is 5.69 Å². The standard InChI is InChI=1S/C21H22N4O3S/c1-14-8-3-6-12-18(14)25-19-13-7-9-15(19)20(23-25)21(26)22-16-10-4-5-11-17(16)24-29(2,27)28/h3-6,8,10-12,24H,7,9,13H2,1-2H3,(H,22,26). The highest BCUT2D eigenvalue weighted by Crippen LogP contribution is 2.30. The number of aromatic nitrogens is 2. The molecule has 0 radical (unpaired) electrons. The Balaban J connectivity index is 1.70. The highest BCUT2D eigenvalue weighted by Gasteiger charge is 2.27. The Morgan fingerprint density at radius 1 is 1.03 bits per heavy atom. The van der Waals surface area contributed by atoms with Gasteiger partial charge in [0.1, 0.15) is 0 Å². The van der Waals surface area contributed by atoms with Crippen LogP contribution in [0, 0.1) is 6.92 Å². The Hall–Kier alpha value is -3.13. The topological polar surface area (TPSA) is 93.1 Å². The highest BCUT2D eigenvalue weighted by molar-refractivity contribution is 7.92. The van der Waals surface area contributed by atoms with Gasteiger partial charge in [-0.3, -0.25) is 9.52 Å². The van der Waals surface area contributed by atoms with E-state index in [9.17, 15) is 13.2 Å². The molecule has 7 nitrogen and oxygen atoms in total. The second-order valence-electron chi connectivity index (χ2n) is 7.20. The van der Waals surface area contributed by atoms with E-state index in [0.717, 1.165) is 48.0 Å². The minimum absolute atomic E-state index is 0.318. The maximum atomic E-state index is 13.1. The summed E-state index contributed by atoms with van der Waals surface area (Å²) in [7, 11) is -3.47. The molecule has 0 atom stereocenters. The van der Waals surface area contributed by atoms with E-state index in [1.807, 2.05) is 35.9 Å². The van der Waals surface area contributed by atoms with Crippen molar-refractivity contribution in [2.24, 2.45) is 0 Å². The van der Waals surface area contributed by atoms with Crippen LogP contribution in [-0.4, -0.2) is 30.4 Å². The summed E-state index contributed by atoms with van der Waals surface area (Å²) in [6.07, 6.45) is 3.72. The predicted octanol–water partition coefficient (Wildman–Crippen LogP) is 3.29. The van der Waals surface area contributed by atoms with Crippen LogP contribution in [-0.2, 0) is 22.9 Å². The third-order valence-corrected chi connectivity index (χ3v) is 5.55. The van der Waals surface area contributed by atoms with Crippen LogP contribution in [0.3, 0.4) is 0 Å². The first kappa shape index (κ1) is 19.2. The lowest BCUT2D eigenvalue weighted by Gasteiger charge is -2.11. The van der Waals surface area contributed by atoms with Crippen LogP contribution in [0.5, 0.6) is 0 Å². The van der Waals surface area contributed by atoms with E-state index in [0.29, 0.717) is 17.1 Å². The third-order valence-electron chi connectivity index (χ3n) is 4.96. The number of amides is 1. The van der Waals surface area contributed by atoms with E-state index in [1.165, 1.54) is 0 Å². The molecule has 0 saturated carbocycles. The average molecular weight is 410 g/mol. The lowest BCUT2D eigenvalue weighted by molar-refractivity contribution is 0.102. The number of nitrogens with zero attached hydrogens (tertiary/aromatic N) is 2. The molecule has 150 valence electrons. The van der Waals surface area contributed by atoms with Crippen molar-refractivity contribution < 1.29 is 13.2 Å². The quantitative estimate of drug-likeness (QED) is 0.675. The number of rotatable bonds is 5. The summed E-state index contributed by atoms with van der Waals surface area (Å²) in [5, 5.41) is 7.45. The van der Waals surface area contributed by atoms with Crippen molar-refractivity contribution in [2.45, 2.75) is 26.2 Å². The monoisotopic (exact) mass is 410 g/mol. The van der Waals surface area contributed by atoms with Crippen molar-refractivity contribution in [2.75, 3.05) is 16.3 Å². The Labute approximate surface area is 169 Å². The van der Waals surface area contributed by atoms with E-state index < -0.39 is 10.0 Å². The lowest BCUT2D eigenvalue weighted by atomic mass is 10.1.